The van der Waals surface area contributed by atoms with Crippen LogP contribution in [0.25, 0.3) is 17.3 Å². The molecule has 1 aromatic heterocycles. The van der Waals surface area contributed by atoms with Crippen LogP contribution in [-0.2, 0) is 0 Å². The minimum Gasteiger partial charge on any atom is -0.289 e. The molecule has 0 saturated carbocycles. The number of nitrogens with one attached hydrogen (secondary N) is 1. The molecule has 4 nitrogen and oxygen atoms in total. The van der Waals surface area contributed by atoms with Gasteiger partial charge in [0, 0.05) is 22.8 Å². The summed E-state index contributed by atoms with van der Waals surface area (Å²) in [6.07, 6.45) is 3.08. The van der Waals surface area contributed by atoms with E-state index in [0.29, 0.717) is 16.8 Å². The third-order valence-electron chi connectivity index (χ3n) is 3.36. The number of aromatic amines is 1. The summed E-state index contributed by atoms with van der Waals surface area (Å²) < 4.78 is 0. The first-order valence-corrected chi connectivity index (χ1v) is 7.16. The molecule has 3 rings (SSSR count). The lowest BCUT2D eigenvalue weighted by molar-refractivity contribution is 0.104. The highest BCUT2D eigenvalue weighted by molar-refractivity contribution is 6.07. The fourth-order valence-electron chi connectivity index (χ4n) is 2.24. The van der Waals surface area contributed by atoms with Gasteiger partial charge in [0.25, 0.3) is 5.56 Å². The molecule has 0 spiro atoms. The van der Waals surface area contributed by atoms with Gasteiger partial charge in [0.05, 0.1) is 5.69 Å². The maximum absolute atomic E-state index is 12.2. The average molecular weight is 302 g/mol. The van der Waals surface area contributed by atoms with E-state index in [1.54, 1.807) is 18.2 Å². The van der Waals surface area contributed by atoms with Crippen molar-refractivity contribution in [2.24, 2.45) is 0 Å². The molecule has 1 heterocycles. The summed E-state index contributed by atoms with van der Waals surface area (Å²) in [4.78, 5) is 23.7. The first kappa shape index (κ1) is 14.7. The van der Waals surface area contributed by atoms with Gasteiger partial charge >= 0.3 is 0 Å². The molecule has 4 heteroatoms. The van der Waals surface area contributed by atoms with Crippen LogP contribution in [0.3, 0.4) is 0 Å². The van der Waals surface area contributed by atoms with Gasteiger partial charge in [-0.25, -0.2) is 5.10 Å². The Balaban J connectivity index is 1.97. The second-order valence-electron chi connectivity index (χ2n) is 4.97. The molecule has 0 radical (unpaired) electrons. The first-order chi connectivity index (χ1) is 11.2. The van der Waals surface area contributed by atoms with Crippen LogP contribution in [0, 0.1) is 0 Å². The maximum Gasteiger partial charge on any atom is 0.264 e. The number of benzene rings is 2. The Morgan fingerprint density at radius 3 is 2.30 bits per heavy atom. The lowest BCUT2D eigenvalue weighted by atomic mass is 10.0. The number of aromatic nitrogens is 2. The van der Waals surface area contributed by atoms with Crippen molar-refractivity contribution >= 4 is 11.9 Å². The van der Waals surface area contributed by atoms with Gasteiger partial charge in [-0.05, 0) is 12.2 Å². The van der Waals surface area contributed by atoms with Gasteiger partial charge in [-0.15, -0.1) is 0 Å². The lowest BCUT2D eigenvalue weighted by Crippen LogP contribution is -2.08. The fourth-order valence-corrected chi connectivity index (χ4v) is 2.24. The minimum atomic E-state index is -0.309. The second kappa shape index (κ2) is 6.66. The van der Waals surface area contributed by atoms with E-state index in [4.69, 9.17) is 0 Å². The second-order valence-corrected chi connectivity index (χ2v) is 4.97. The third kappa shape index (κ3) is 3.49. The number of carbonyl (C=O) groups is 1. The molecule has 0 aliphatic carbocycles. The SMILES string of the molecule is O=C(/C=C/c1cc(=O)[nH]nc1-c1ccccc1)c1ccccc1. The predicted octanol–water partition coefficient (Wildman–Crippen LogP) is 3.33. The summed E-state index contributed by atoms with van der Waals surface area (Å²) in [6.45, 7) is 0. The molecule has 0 aliphatic heterocycles. The van der Waals surface area contributed by atoms with Gasteiger partial charge in [-0.3, -0.25) is 9.59 Å². The summed E-state index contributed by atoms with van der Waals surface area (Å²) in [7, 11) is 0. The quantitative estimate of drug-likeness (QED) is 0.594. The Kier molecular flexibility index (Phi) is 4.25. The van der Waals surface area contributed by atoms with Gasteiger partial charge in [0.2, 0.25) is 0 Å². The number of H-pyrrole nitrogens is 1. The molecule has 0 aliphatic rings. The smallest absolute Gasteiger partial charge is 0.264 e. The summed E-state index contributed by atoms with van der Waals surface area (Å²) >= 11 is 0. The van der Waals surface area contributed by atoms with Crippen molar-refractivity contribution in [2.45, 2.75) is 0 Å². The molecule has 2 aromatic carbocycles. The van der Waals surface area contributed by atoms with Gasteiger partial charge in [-0.2, -0.15) is 5.10 Å². The number of hydrogen-bond acceptors (Lipinski definition) is 3. The highest BCUT2D eigenvalue weighted by Crippen LogP contribution is 2.20. The molecular weight excluding hydrogens is 288 g/mol. The molecule has 0 atom stereocenters. The normalized spacial score (nSPS) is 10.8. The fraction of sp³-hybridized carbons (Fsp3) is 0. The summed E-state index contributed by atoms with van der Waals surface area (Å²) in [6, 6.07) is 19.9. The Hall–Kier alpha value is -3.27. The van der Waals surface area contributed by atoms with E-state index in [9.17, 15) is 9.59 Å². The van der Waals surface area contributed by atoms with Crippen LogP contribution in [0.4, 0.5) is 0 Å². The number of rotatable bonds is 4. The number of allylic oxidation sites excluding steroid dienone is 1. The molecule has 0 bridgehead atoms. The van der Waals surface area contributed by atoms with Crippen LogP contribution in [0.5, 0.6) is 0 Å². The van der Waals surface area contributed by atoms with E-state index in [1.807, 2.05) is 48.5 Å². The predicted molar refractivity (Wildman–Crippen MR) is 90.1 cm³/mol. The highest BCUT2D eigenvalue weighted by Gasteiger charge is 2.06. The van der Waals surface area contributed by atoms with Crippen molar-refractivity contribution in [3.63, 3.8) is 0 Å². The van der Waals surface area contributed by atoms with E-state index in [-0.39, 0.29) is 11.3 Å². The van der Waals surface area contributed by atoms with E-state index in [0.717, 1.165) is 5.56 Å². The molecule has 0 unspecified atom stereocenters. The standard InChI is InChI=1S/C19H14N2O2/c22-17(14-7-3-1-4-8-14)12-11-16-13-18(23)20-21-19(16)15-9-5-2-6-10-15/h1-13H,(H,20,23)/b12-11+. The van der Waals surface area contributed by atoms with Crippen molar-refractivity contribution in [1.29, 1.82) is 0 Å². The van der Waals surface area contributed by atoms with Gasteiger partial charge in [0.15, 0.2) is 5.78 Å². The molecule has 1 N–H and O–H groups in total. The Morgan fingerprint density at radius 2 is 1.61 bits per heavy atom. The summed E-state index contributed by atoms with van der Waals surface area (Å²) in [5.41, 5.74) is 2.39. The highest BCUT2D eigenvalue weighted by atomic mass is 16.1. The summed E-state index contributed by atoms with van der Waals surface area (Å²) in [5, 5.41) is 6.53. The van der Waals surface area contributed by atoms with Crippen molar-refractivity contribution in [1.82, 2.24) is 10.2 Å². The Bertz CT molecular complexity index is 897. The van der Waals surface area contributed by atoms with Crippen LogP contribution in [0.15, 0.2) is 77.6 Å². The van der Waals surface area contributed by atoms with Crippen molar-refractivity contribution in [3.8, 4) is 11.3 Å². The van der Waals surface area contributed by atoms with Crippen LogP contribution < -0.4 is 5.56 Å². The largest absolute Gasteiger partial charge is 0.289 e. The van der Waals surface area contributed by atoms with Crippen LogP contribution >= 0.6 is 0 Å². The van der Waals surface area contributed by atoms with Gasteiger partial charge in [0.1, 0.15) is 0 Å². The molecule has 112 valence electrons. The Morgan fingerprint density at radius 1 is 0.957 bits per heavy atom. The zero-order valence-corrected chi connectivity index (χ0v) is 12.3. The van der Waals surface area contributed by atoms with Crippen LogP contribution in [0.2, 0.25) is 0 Å². The van der Waals surface area contributed by atoms with Gasteiger partial charge < -0.3 is 0 Å². The maximum atomic E-state index is 12.2. The van der Waals surface area contributed by atoms with Crippen LogP contribution in [-0.4, -0.2) is 16.0 Å². The zero-order chi connectivity index (χ0) is 16.1. The number of hydrogen-bond donors (Lipinski definition) is 1. The zero-order valence-electron chi connectivity index (χ0n) is 12.3. The third-order valence-corrected chi connectivity index (χ3v) is 3.36. The number of nitrogens with zero attached hydrogens (tertiary/aromatic N) is 1. The monoisotopic (exact) mass is 302 g/mol. The Labute approximate surface area is 133 Å². The van der Waals surface area contributed by atoms with E-state index >= 15 is 0 Å². The first-order valence-electron chi connectivity index (χ1n) is 7.16. The average Bonchev–Trinajstić information content (AvgIpc) is 2.61. The molecule has 3 aromatic rings. The minimum absolute atomic E-state index is 0.120. The van der Waals surface area contributed by atoms with Crippen molar-refractivity contribution < 1.29 is 4.79 Å². The lowest BCUT2D eigenvalue weighted by Gasteiger charge is -2.04. The van der Waals surface area contributed by atoms with E-state index in [1.165, 1.54) is 12.1 Å². The molecule has 0 amide bonds. The molecular formula is C19H14N2O2. The summed E-state index contributed by atoms with van der Waals surface area (Å²) in [5.74, 6) is -0.120. The van der Waals surface area contributed by atoms with Crippen molar-refractivity contribution in [2.75, 3.05) is 0 Å². The molecule has 0 saturated heterocycles. The van der Waals surface area contributed by atoms with E-state index in [2.05, 4.69) is 10.2 Å². The number of carbonyl (C=O) groups excluding carboxylic acids is 1. The van der Waals surface area contributed by atoms with Crippen molar-refractivity contribution in [3.05, 3.63) is 94.3 Å². The van der Waals surface area contributed by atoms with Crippen LogP contribution in [0.1, 0.15) is 15.9 Å². The van der Waals surface area contributed by atoms with E-state index < -0.39 is 0 Å². The van der Waals surface area contributed by atoms with Gasteiger partial charge in [-0.1, -0.05) is 60.7 Å². The topological polar surface area (TPSA) is 62.8 Å². The molecule has 23 heavy (non-hydrogen) atoms. The molecule has 0 fully saturated rings. The number of ketones is 1.